The maximum Gasteiger partial charge on any atom is 0.416 e. The molecule has 2 rings (SSSR count). The van der Waals surface area contributed by atoms with Crippen molar-refractivity contribution in [1.82, 2.24) is 0 Å². The lowest BCUT2D eigenvalue weighted by atomic mass is 10.2. The first-order valence-electron chi connectivity index (χ1n) is 6.35. The summed E-state index contributed by atoms with van der Waals surface area (Å²) in [6.07, 6.45) is -3.49. The van der Waals surface area contributed by atoms with Crippen molar-refractivity contribution in [2.24, 2.45) is 0 Å². The fraction of sp³-hybridized carbons (Fsp3) is 0.357. The molecule has 1 aliphatic heterocycles. The van der Waals surface area contributed by atoms with Gasteiger partial charge in [-0.15, -0.1) is 0 Å². The number of hydrogen-bond donors (Lipinski definition) is 0. The van der Waals surface area contributed by atoms with Crippen LogP contribution in [0.15, 0.2) is 36.0 Å². The molecule has 0 N–H and O–H groups in total. The average molecular weight is 301 g/mol. The van der Waals surface area contributed by atoms with Gasteiger partial charge in [-0.1, -0.05) is 0 Å². The lowest BCUT2D eigenvalue weighted by molar-refractivity contribution is -0.139. The van der Waals surface area contributed by atoms with Crippen molar-refractivity contribution in [3.63, 3.8) is 0 Å². The first-order valence-corrected chi connectivity index (χ1v) is 6.35. The van der Waals surface area contributed by atoms with Crippen LogP contribution in [0.4, 0.5) is 18.9 Å². The van der Waals surface area contributed by atoms with Crippen LogP contribution in [0.1, 0.15) is 19.4 Å². The van der Waals surface area contributed by atoms with Gasteiger partial charge < -0.3 is 4.74 Å². The Morgan fingerprint density at radius 2 is 1.95 bits per heavy atom. The molecule has 0 spiro atoms. The van der Waals surface area contributed by atoms with E-state index in [1.807, 2.05) is 0 Å². The summed E-state index contributed by atoms with van der Waals surface area (Å²) in [6, 6.07) is 4.47. The number of carbonyl (C=O) groups is 1. The molecule has 21 heavy (non-hydrogen) atoms. The van der Waals surface area contributed by atoms with E-state index in [4.69, 9.17) is 9.57 Å². The highest BCUT2D eigenvalue weighted by atomic mass is 19.4. The largest absolute Gasteiger partial charge is 0.463 e. The van der Waals surface area contributed by atoms with Crippen LogP contribution in [0.3, 0.4) is 0 Å². The van der Waals surface area contributed by atoms with E-state index in [2.05, 4.69) is 0 Å². The molecule has 0 bridgehead atoms. The standard InChI is InChI=1S/C14H14F3NO3/c1-3-20-13(19)12-8-18(21-9(12)2)11-6-4-10(5-7-11)14(15,16)17/h4-9H,3H2,1-2H3. The van der Waals surface area contributed by atoms with E-state index in [1.54, 1.807) is 13.8 Å². The molecule has 0 aromatic heterocycles. The second-order valence-corrected chi connectivity index (χ2v) is 4.42. The maximum atomic E-state index is 12.5. The second kappa shape index (κ2) is 5.77. The second-order valence-electron chi connectivity index (χ2n) is 4.42. The Kier molecular flexibility index (Phi) is 4.22. The van der Waals surface area contributed by atoms with Crippen molar-refractivity contribution in [2.45, 2.75) is 26.1 Å². The van der Waals surface area contributed by atoms with Crippen LogP contribution in [0.25, 0.3) is 0 Å². The molecule has 0 fully saturated rings. The average Bonchev–Trinajstić information content (AvgIpc) is 2.80. The van der Waals surface area contributed by atoms with Crippen molar-refractivity contribution in [2.75, 3.05) is 11.7 Å². The Morgan fingerprint density at radius 3 is 2.48 bits per heavy atom. The van der Waals surface area contributed by atoms with Crippen LogP contribution in [0, 0.1) is 0 Å². The lowest BCUT2D eigenvalue weighted by Crippen LogP contribution is -2.18. The zero-order valence-electron chi connectivity index (χ0n) is 11.5. The summed E-state index contributed by atoms with van der Waals surface area (Å²) in [5.41, 5.74) is -0.0287. The molecule has 0 radical (unpaired) electrons. The summed E-state index contributed by atoms with van der Waals surface area (Å²) in [7, 11) is 0. The van der Waals surface area contributed by atoms with Crippen LogP contribution in [0.5, 0.6) is 0 Å². The fourth-order valence-electron chi connectivity index (χ4n) is 1.85. The van der Waals surface area contributed by atoms with Gasteiger partial charge in [0, 0.05) is 6.20 Å². The smallest absolute Gasteiger partial charge is 0.416 e. The number of anilines is 1. The van der Waals surface area contributed by atoms with Crippen molar-refractivity contribution in [3.8, 4) is 0 Å². The first-order chi connectivity index (χ1) is 9.82. The quantitative estimate of drug-likeness (QED) is 0.803. The molecule has 114 valence electrons. The van der Waals surface area contributed by atoms with Crippen LogP contribution < -0.4 is 5.06 Å². The predicted octanol–water partition coefficient (Wildman–Crippen LogP) is 3.29. The number of hydrogen-bond acceptors (Lipinski definition) is 4. The highest BCUT2D eigenvalue weighted by Gasteiger charge is 2.32. The minimum Gasteiger partial charge on any atom is -0.463 e. The molecule has 1 atom stereocenters. The molecule has 1 aromatic carbocycles. The van der Waals surface area contributed by atoms with Gasteiger partial charge in [0.2, 0.25) is 0 Å². The molecule has 0 saturated heterocycles. The molecule has 1 heterocycles. The normalized spacial score (nSPS) is 18.6. The van der Waals surface area contributed by atoms with E-state index in [1.165, 1.54) is 23.4 Å². The zero-order chi connectivity index (χ0) is 15.6. The minimum atomic E-state index is -4.39. The van der Waals surface area contributed by atoms with E-state index in [-0.39, 0.29) is 6.61 Å². The van der Waals surface area contributed by atoms with E-state index in [9.17, 15) is 18.0 Å². The van der Waals surface area contributed by atoms with Gasteiger partial charge in [-0.25, -0.2) is 9.86 Å². The van der Waals surface area contributed by atoms with Gasteiger partial charge in [0.25, 0.3) is 0 Å². The monoisotopic (exact) mass is 301 g/mol. The maximum absolute atomic E-state index is 12.5. The third-order valence-electron chi connectivity index (χ3n) is 2.93. The van der Waals surface area contributed by atoms with E-state index in [0.29, 0.717) is 11.3 Å². The summed E-state index contributed by atoms with van der Waals surface area (Å²) in [5, 5.41) is 1.26. The number of rotatable bonds is 3. The van der Waals surface area contributed by atoms with Crippen LogP contribution in [-0.4, -0.2) is 18.7 Å². The number of benzene rings is 1. The lowest BCUT2D eigenvalue weighted by Gasteiger charge is -2.17. The third kappa shape index (κ3) is 3.36. The molecule has 0 amide bonds. The molecule has 4 nitrogen and oxygen atoms in total. The van der Waals surface area contributed by atoms with Gasteiger partial charge in [0.1, 0.15) is 6.10 Å². The summed E-state index contributed by atoms with van der Waals surface area (Å²) in [5.74, 6) is -0.501. The summed E-state index contributed by atoms with van der Waals surface area (Å²) >= 11 is 0. The SMILES string of the molecule is CCOC(=O)C1=CN(c2ccc(C(F)(F)F)cc2)OC1C. The number of carbonyl (C=O) groups excluding carboxylic acids is 1. The molecule has 1 aliphatic rings. The summed E-state index contributed by atoms with van der Waals surface area (Å²) in [4.78, 5) is 17.1. The fourth-order valence-corrected chi connectivity index (χ4v) is 1.85. The van der Waals surface area contributed by atoms with Crippen LogP contribution >= 0.6 is 0 Å². The topological polar surface area (TPSA) is 38.8 Å². The first kappa shape index (κ1) is 15.4. The Labute approximate surface area is 119 Å². The molecule has 1 aromatic rings. The molecular weight excluding hydrogens is 287 g/mol. The predicted molar refractivity (Wildman–Crippen MR) is 69.2 cm³/mol. The van der Waals surface area contributed by atoms with Gasteiger partial charge in [-0.3, -0.25) is 4.84 Å². The van der Waals surface area contributed by atoms with Crippen molar-refractivity contribution < 1.29 is 27.5 Å². The van der Waals surface area contributed by atoms with Crippen molar-refractivity contribution in [3.05, 3.63) is 41.6 Å². The number of hydroxylamine groups is 1. The summed E-state index contributed by atoms with van der Waals surface area (Å²) in [6.45, 7) is 3.59. The molecule has 0 aliphatic carbocycles. The Morgan fingerprint density at radius 1 is 1.33 bits per heavy atom. The highest BCUT2D eigenvalue weighted by Crippen LogP contribution is 2.32. The zero-order valence-corrected chi connectivity index (χ0v) is 11.5. The van der Waals surface area contributed by atoms with Gasteiger partial charge in [-0.2, -0.15) is 13.2 Å². The van der Waals surface area contributed by atoms with Crippen LogP contribution in [-0.2, 0) is 20.5 Å². The summed E-state index contributed by atoms with van der Waals surface area (Å²) < 4.78 is 42.4. The molecule has 0 saturated carbocycles. The van der Waals surface area contributed by atoms with Gasteiger partial charge in [0.05, 0.1) is 23.4 Å². The molecule has 7 heteroatoms. The molecular formula is C14H14F3NO3. The number of alkyl halides is 3. The van der Waals surface area contributed by atoms with Gasteiger partial charge in [-0.05, 0) is 38.1 Å². The number of ether oxygens (including phenoxy) is 1. The number of esters is 1. The highest BCUT2D eigenvalue weighted by molar-refractivity contribution is 5.90. The van der Waals surface area contributed by atoms with Crippen molar-refractivity contribution in [1.29, 1.82) is 0 Å². The minimum absolute atomic E-state index is 0.239. The Hall–Kier alpha value is -2.02. The number of halogens is 3. The molecule has 1 unspecified atom stereocenters. The van der Waals surface area contributed by atoms with E-state index >= 15 is 0 Å². The van der Waals surface area contributed by atoms with Gasteiger partial charge in [0.15, 0.2) is 0 Å². The van der Waals surface area contributed by atoms with Crippen LogP contribution in [0.2, 0.25) is 0 Å². The third-order valence-corrected chi connectivity index (χ3v) is 2.93. The number of nitrogens with zero attached hydrogens (tertiary/aromatic N) is 1. The van der Waals surface area contributed by atoms with Gasteiger partial charge >= 0.3 is 12.1 Å². The van der Waals surface area contributed by atoms with E-state index < -0.39 is 23.8 Å². The Balaban J connectivity index is 2.18. The van der Waals surface area contributed by atoms with E-state index in [0.717, 1.165) is 12.1 Å². The Bertz CT molecular complexity index is 552. The van der Waals surface area contributed by atoms with Crippen molar-refractivity contribution >= 4 is 11.7 Å².